The first-order valence-corrected chi connectivity index (χ1v) is 15.4. The molecular weight excluding hydrogens is 600 g/mol. The molecule has 2 saturated heterocycles. The molecule has 4 rings (SSSR count). The van der Waals surface area contributed by atoms with Gasteiger partial charge < -0.3 is 33.5 Å². The van der Waals surface area contributed by atoms with Crippen LogP contribution in [0.1, 0.15) is 74.1 Å². The summed E-state index contributed by atoms with van der Waals surface area (Å²) in [5.41, 5.74) is -4.69. The molecule has 246 valence electrons. The molecule has 0 radical (unpaired) electrons. The Bertz CT molecular complexity index is 1210. The van der Waals surface area contributed by atoms with Gasteiger partial charge in [0, 0.05) is 39.5 Å². The first-order valence-electron chi connectivity index (χ1n) is 15.0. The molecule has 1 unspecified atom stereocenters. The smallest absolute Gasteiger partial charge is 0.312 e. The van der Waals surface area contributed by atoms with Gasteiger partial charge in [-0.3, -0.25) is 24.0 Å². The molecule has 0 aromatic carbocycles. The fourth-order valence-electron chi connectivity index (χ4n) is 7.51. The molecule has 0 aromatic rings. The second-order valence-corrected chi connectivity index (χ2v) is 13.7. The molecule has 0 bridgehead atoms. The van der Waals surface area contributed by atoms with Crippen molar-refractivity contribution in [3.05, 3.63) is 12.2 Å². The second-order valence-electron chi connectivity index (χ2n) is 13.2. The number of carbonyl (C=O) groups excluding carboxylic acids is 5. The van der Waals surface area contributed by atoms with E-state index in [0.29, 0.717) is 5.57 Å². The van der Waals surface area contributed by atoms with Gasteiger partial charge in [-0.05, 0) is 25.7 Å². The number of epoxide rings is 1. The molecule has 1 N–H and O–H groups in total. The maximum absolute atomic E-state index is 13.2. The van der Waals surface area contributed by atoms with E-state index in [1.165, 1.54) is 20.8 Å². The van der Waals surface area contributed by atoms with Gasteiger partial charge in [0.1, 0.15) is 30.0 Å². The standard InChI is InChI=1S/C31H43ClO12/c1-14(2)11-23(36)43-21-12-22(41-18(6)34)30(13-39-30)25-27(42-19(7)35)31(38)16(4)28(37)44-26(31)24(32)15(3)9-10-20(29(21,25)8)40-17(5)33/h14,16,20-22,24-27,38H,3,9-13H2,1-2,4-8H3/t16-,20-,21+,22+,24-,25+,26-,27?,29-,30+,31-/m0/s1. The van der Waals surface area contributed by atoms with Crippen molar-refractivity contribution in [2.75, 3.05) is 6.61 Å². The lowest BCUT2D eigenvalue weighted by atomic mass is 9.51. The number of rotatable bonds is 6. The molecule has 4 aliphatic rings. The number of halogens is 1. The Kier molecular flexibility index (Phi) is 9.51. The van der Waals surface area contributed by atoms with Gasteiger partial charge in [-0.1, -0.05) is 32.9 Å². The van der Waals surface area contributed by atoms with Gasteiger partial charge in [-0.2, -0.15) is 0 Å². The average molecular weight is 643 g/mol. The molecule has 11 atom stereocenters. The first kappa shape index (κ1) is 34.2. The summed E-state index contributed by atoms with van der Waals surface area (Å²) in [6.07, 6.45) is -5.78. The average Bonchev–Trinajstić information content (AvgIpc) is 3.65. The van der Waals surface area contributed by atoms with E-state index in [9.17, 15) is 29.1 Å². The summed E-state index contributed by atoms with van der Waals surface area (Å²) in [7, 11) is 0. The highest BCUT2D eigenvalue weighted by atomic mass is 35.5. The van der Waals surface area contributed by atoms with Gasteiger partial charge in [0.25, 0.3) is 0 Å². The third-order valence-electron chi connectivity index (χ3n) is 9.68. The summed E-state index contributed by atoms with van der Waals surface area (Å²) < 4.78 is 35.6. The summed E-state index contributed by atoms with van der Waals surface area (Å²) in [5, 5.41) is 11.6. The highest BCUT2D eigenvalue weighted by Gasteiger charge is 2.78. The molecule has 2 aliphatic carbocycles. The number of aliphatic hydroxyl groups is 1. The third-order valence-corrected chi connectivity index (χ3v) is 10.2. The first-order chi connectivity index (χ1) is 20.4. The molecule has 4 fully saturated rings. The van der Waals surface area contributed by atoms with Crippen LogP contribution in [0, 0.1) is 23.2 Å². The number of fused-ring (bicyclic) bond motifs is 3. The van der Waals surface area contributed by atoms with E-state index in [1.54, 1.807) is 6.92 Å². The Labute approximate surface area is 262 Å². The predicted molar refractivity (Wildman–Crippen MR) is 153 cm³/mol. The van der Waals surface area contributed by atoms with Crippen LogP contribution in [-0.2, 0) is 52.4 Å². The van der Waals surface area contributed by atoms with E-state index >= 15 is 0 Å². The van der Waals surface area contributed by atoms with Crippen LogP contribution in [0.4, 0.5) is 0 Å². The van der Waals surface area contributed by atoms with Crippen LogP contribution in [0.15, 0.2) is 12.2 Å². The molecule has 12 nitrogen and oxygen atoms in total. The van der Waals surface area contributed by atoms with Gasteiger partial charge in [-0.25, -0.2) is 0 Å². The fraction of sp³-hybridized carbons (Fsp3) is 0.774. The van der Waals surface area contributed by atoms with Crippen molar-refractivity contribution >= 4 is 41.4 Å². The Hall–Kier alpha value is -2.70. The van der Waals surface area contributed by atoms with Crippen molar-refractivity contribution in [1.29, 1.82) is 0 Å². The minimum Gasteiger partial charge on any atom is -0.462 e. The maximum atomic E-state index is 13.2. The number of hydrogen-bond acceptors (Lipinski definition) is 12. The normalized spacial score (nSPS) is 41.6. The zero-order valence-electron chi connectivity index (χ0n) is 26.3. The van der Waals surface area contributed by atoms with Gasteiger partial charge in [0.05, 0.1) is 23.3 Å². The third kappa shape index (κ3) is 5.85. The quantitative estimate of drug-likeness (QED) is 0.148. The highest BCUT2D eigenvalue weighted by Crippen LogP contribution is 2.63. The zero-order chi connectivity index (χ0) is 32.9. The number of ether oxygens (including phenoxy) is 6. The number of esters is 5. The second kappa shape index (κ2) is 12.2. The highest BCUT2D eigenvalue weighted by molar-refractivity contribution is 6.23. The van der Waals surface area contributed by atoms with Crippen molar-refractivity contribution in [3.63, 3.8) is 0 Å². The summed E-state index contributed by atoms with van der Waals surface area (Å²) in [6.45, 7) is 14.5. The summed E-state index contributed by atoms with van der Waals surface area (Å²) in [4.78, 5) is 64.2. The monoisotopic (exact) mass is 642 g/mol. The SMILES string of the molecule is C=C1CC[C@H](OC(C)=O)[C@@]2(C)[C@H](OC(=O)CC(C)C)C[C@@H](OC(C)=O)[C@]3(CO3)[C@@H]2C(OC(C)=O)[C@]2(O)[C@@H](C)C(=O)O[C@H]2[C@H]1Cl. The lowest BCUT2D eigenvalue weighted by molar-refractivity contribution is -0.260. The summed E-state index contributed by atoms with van der Waals surface area (Å²) in [5.74, 6) is -5.87. The van der Waals surface area contributed by atoms with Crippen LogP contribution in [0.25, 0.3) is 0 Å². The van der Waals surface area contributed by atoms with Gasteiger partial charge in [0.2, 0.25) is 0 Å². The molecule has 1 spiro atoms. The van der Waals surface area contributed by atoms with Crippen molar-refractivity contribution in [3.8, 4) is 0 Å². The predicted octanol–water partition coefficient (Wildman–Crippen LogP) is 2.78. The Morgan fingerprint density at radius 1 is 1.02 bits per heavy atom. The molecule has 2 saturated carbocycles. The minimum absolute atomic E-state index is 0.00334. The maximum Gasteiger partial charge on any atom is 0.312 e. The molecule has 0 amide bonds. The van der Waals surface area contributed by atoms with Crippen molar-refractivity contribution in [2.24, 2.45) is 23.2 Å². The molecular formula is C31H43ClO12. The number of alkyl halides is 1. The van der Waals surface area contributed by atoms with E-state index < -0.39 is 94.2 Å². The largest absolute Gasteiger partial charge is 0.462 e. The molecule has 0 aromatic heterocycles. The number of hydrogen-bond donors (Lipinski definition) is 1. The Balaban J connectivity index is 2.04. The van der Waals surface area contributed by atoms with Crippen LogP contribution in [0.2, 0.25) is 0 Å². The van der Waals surface area contributed by atoms with Gasteiger partial charge >= 0.3 is 29.8 Å². The van der Waals surface area contributed by atoms with E-state index in [2.05, 4.69) is 6.58 Å². The van der Waals surface area contributed by atoms with Crippen molar-refractivity contribution in [1.82, 2.24) is 0 Å². The van der Waals surface area contributed by atoms with Crippen LogP contribution >= 0.6 is 11.6 Å². The summed E-state index contributed by atoms with van der Waals surface area (Å²) >= 11 is 6.83. The van der Waals surface area contributed by atoms with Crippen LogP contribution in [-0.4, -0.2) is 88.7 Å². The van der Waals surface area contributed by atoms with Crippen LogP contribution in [0.5, 0.6) is 0 Å². The van der Waals surface area contributed by atoms with Gasteiger partial charge in [0.15, 0.2) is 11.7 Å². The zero-order valence-corrected chi connectivity index (χ0v) is 27.0. The lowest BCUT2D eigenvalue weighted by Crippen LogP contribution is -2.72. The van der Waals surface area contributed by atoms with E-state index in [1.807, 2.05) is 13.8 Å². The van der Waals surface area contributed by atoms with Gasteiger partial charge in [-0.15, -0.1) is 11.6 Å². The molecule has 2 aliphatic heterocycles. The molecule has 2 heterocycles. The molecule has 44 heavy (non-hydrogen) atoms. The number of carbonyl (C=O) groups is 5. The van der Waals surface area contributed by atoms with E-state index in [0.717, 1.165) is 6.92 Å². The minimum atomic E-state index is -2.26. The topological polar surface area (TPSA) is 164 Å². The molecule has 13 heteroatoms. The fourth-order valence-corrected chi connectivity index (χ4v) is 7.87. The van der Waals surface area contributed by atoms with Crippen LogP contribution in [0.3, 0.4) is 0 Å². The van der Waals surface area contributed by atoms with Crippen LogP contribution < -0.4 is 0 Å². The van der Waals surface area contributed by atoms with Crippen molar-refractivity contribution < 1.29 is 57.5 Å². The van der Waals surface area contributed by atoms with Crippen molar-refractivity contribution in [2.45, 2.75) is 121 Å². The van der Waals surface area contributed by atoms with E-state index in [4.69, 9.17) is 40.0 Å². The Morgan fingerprint density at radius 3 is 2.11 bits per heavy atom. The Morgan fingerprint density at radius 2 is 1.59 bits per heavy atom. The summed E-state index contributed by atoms with van der Waals surface area (Å²) in [6, 6.07) is 0. The van der Waals surface area contributed by atoms with E-state index in [-0.39, 0.29) is 38.2 Å². The lowest BCUT2D eigenvalue weighted by Gasteiger charge is -2.58.